The van der Waals surface area contributed by atoms with Gasteiger partial charge in [0.2, 0.25) is 0 Å². The molecule has 0 aliphatic heterocycles. The Morgan fingerprint density at radius 3 is 1.73 bits per heavy atom. The fraction of sp³-hybridized carbons (Fsp3) is 0. The van der Waals surface area contributed by atoms with E-state index in [2.05, 4.69) is 216 Å². The van der Waals surface area contributed by atoms with Gasteiger partial charge in [0, 0.05) is 71.8 Å². The highest BCUT2D eigenvalue weighted by atomic mass is 16.3. The van der Waals surface area contributed by atoms with Crippen molar-refractivity contribution in [2.24, 2.45) is 0 Å². The van der Waals surface area contributed by atoms with E-state index in [9.17, 15) is 0 Å². The number of anilines is 3. The third-order valence-electron chi connectivity index (χ3n) is 12.4. The van der Waals surface area contributed by atoms with E-state index in [1.165, 1.54) is 21.5 Å². The minimum absolute atomic E-state index is 0.850. The SMILES string of the molecule is c1ccc(-n2c3ccccc3c3c(N(c4ccc(-c5cccc6c5oc5c7ccccc7ccc65)cc4)c4ccc5c(c4)oc4c6ccccc6ccc54)cccc32)cc1. The molecule has 3 heterocycles. The van der Waals surface area contributed by atoms with Gasteiger partial charge in [0.05, 0.1) is 16.7 Å². The Labute approximate surface area is 344 Å². The lowest BCUT2D eigenvalue weighted by Gasteiger charge is -2.26. The Balaban J connectivity index is 1.03. The van der Waals surface area contributed by atoms with Crippen LogP contribution in [0.3, 0.4) is 0 Å². The van der Waals surface area contributed by atoms with Crippen LogP contribution in [0.4, 0.5) is 17.1 Å². The van der Waals surface area contributed by atoms with Crippen molar-refractivity contribution in [3.63, 3.8) is 0 Å². The second-order valence-electron chi connectivity index (χ2n) is 15.6. The van der Waals surface area contributed by atoms with Gasteiger partial charge in [-0.1, -0.05) is 133 Å². The van der Waals surface area contributed by atoms with Gasteiger partial charge in [-0.05, 0) is 83.1 Å². The van der Waals surface area contributed by atoms with Crippen LogP contribution in [0, 0.1) is 0 Å². The highest BCUT2D eigenvalue weighted by molar-refractivity contribution is 6.19. The van der Waals surface area contributed by atoms with Crippen molar-refractivity contribution in [2.75, 3.05) is 4.90 Å². The van der Waals surface area contributed by atoms with Gasteiger partial charge in [-0.3, -0.25) is 0 Å². The highest BCUT2D eigenvalue weighted by Gasteiger charge is 2.23. The smallest absolute Gasteiger partial charge is 0.143 e. The Bertz CT molecular complexity index is 3830. The molecule has 13 aromatic rings. The van der Waals surface area contributed by atoms with Crippen LogP contribution in [-0.4, -0.2) is 4.57 Å². The average Bonchev–Trinajstić information content (AvgIpc) is 4.00. The number of furan rings is 2. The minimum atomic E-state index is 0.850. The number of rotatable bonds is 5. The van der Waals surface area contributed by atoms with Crippen molar-refractivity contribution in [2.45, 2.75) is 0 Å². The fourth-order valence-electron chi connectivity index (χ4n) is 9.64. The second-order valence-corrected chi connectivity index (χ2v) is 15.6. The third-order valence-corrected chi connectivity index (χ3v) is 12.4. The molecule has 0 aliphatic rings. The van der Waals surface area contributed by atoms with E-state index < -0.39 is 0 Å². The molecule has 4 nitrogen and oxygen atoms in total. The normalized spacial score (nSPS) is 12.0. The molecule has 0 radical (unpaired) electrons. The van der Waals surface area contributed by atoms with E-state index in [1.807, 2.05) is 0 Å². The Morgan fingerprint density at radius 1 is 0.367 bits per heavy atom. The summed E-state index contributed by atoms with van der Waals surface area (Å²) in [7, 11) is 0. The molecule has 0 spiro atoms. The maximum atomic E-state index is 6.78. The lowest BCUT2D eigenvalue weighted by molar-refractivity contribution is 0.672. The summed E-state index contributed by atoms with van der Waals surface area (Å²) in [6.45, 7) is 0. The Morgan fingerprint density at radius 2 is 0.950 bits per heavy atom. The maximum absolute atomic E-state index is 6.78. The van der Waals surface area contributed by atoms with E-state index in [0.29, 0.717) is 0 Å². The number of nitrogens with zero attached hydrogens (tertiary/aromatic N) is 2. The predicted molar refractivity (Wildman–Crippen MR) is 250 cm³/mol. The summed E-state index contributed by atoms with van der Waals surface area (Å²) >= 11 is 0. The molecular formula is C56H34N2O2. The molecule has 3 aromatic heterocycles. The first-order chi connectivity index (χ1) is 29.8. The molecule has 0 saturated heterocycles. The number of benzene rings is 10. The maximum Gasteiger partial charge on any atom is 0.143 e. The summed E-state index contributed by atoms with van der Waals surface area (Å²) in [4.78, 5) is 2.38. The molecule has 0 unspecified atom stereocenters. The first-order valence-corrected chi connectivity index (χ1v) is 20.4. The van der Waals surface area contributed by atoms with Crippen molar-refractivity contribution in [1.29, 1.82) is 0 Å². The summed E-state index contributed by atoms with van der Waals surface area (Å²) in [5.41, 5.74) is 12.3. The average molecular weight is 767 g/mol. The van der Waals surface area contributed by atoms with Crippen LogP contribution in [0.1, 0.15) is 0 Å². The van der Waals surface area contributed by atoms with Crippen molar-refractivity contribution >= 4 is 104 Å². The van der Waals surface area contributed by atoms with E-state index in [4.69, 9.17) is 8.83 Å². The first kappa shape index (κ1) is 32.9. The first-order valence-electron chi connectivity index (χ1n) is 20.4. The van der Waals surface area contributed by atoms with Gasteiger partial charge < -0.3 is 18.3 Å². The van der Waals surface area contributed by atoms with Gasteiger partial charge in [0.15, 0.2) is 0 Å². The molecule has 280 valence electrons. The van der Waals surface area contributed by atoms with E-state index >= 15 is 0 Å². The standard InChI is InChI=1S/C56H34N2O2/c1-2-14-38(15-3-1)58-49-21-9-8-18-48(49)53-50(22-11-23-51(53)58)57(40-30-33-44-46-31-26-35-12-4-6-16-41(35)54(46)59-52(44)34-40)39-28-24-37(25-29-39)43-19-10-20-45-47-32-27-36-13-5-7-17-42(36)56(47)60-55(43)45/h1-34H. The van der Waals surface area contributed by atoms with Crippen LogP contribution in [0.2, 0.25) is 0 Å². The van der Waals surface area contributed by atoms with E-state index in [0.717, 1.165) is 99.6 Å². The van der Waals surface area contributed by atoms with Gasteiger partial charge in [0.1, 0.15) is 22.3 Å². The van der Waals surface area contributed by atoms with Crippen LogP contribution < -0.4 is 4.90 Å². The zero-order valence-corrected chi connectivity index (χ0v) is 32.3. The van der Waals surface area contributed by atoms with Crippen molar-refractivity contribution in [3.8, 4) is 16.8 Å². The fourth-order valence-corrected chi connectivity index (χ4v) is 9.64. The number of aromatic nitrogens is 1. The van der Waals surface area contributed by atoms with Crippen LogP contribution in [0.25, 0.3) is 104 Å². The van der Waals surface area contributed by atoms with Crippen LogP contribution in [0.5, 0.6) is 0 Å². The van der Waals surface area contributed by atoms with E-state index in [1.54, 1.807) is 0 Å². The largest absolute Gasteiger partial charge is 0.455 e. The van der Waals surface area contributed by atoms with Gasteiger partial charge in [-0.25, -0.2) is 0 Å². The van der Waals surface area contributed by atoms with Gasteiger partial charge in [0.25, 0.3) is 0 Å². The van der Waals surface area contributed by atoms with E-state index in [-0.39, 0.29) is 0 Å². The van der Waals surface area contributed by atoms with Crippen LogP contribution in [0.15, 0.2) is 215 Å². The minimum Gasteiger partial charge on any atom is -0.455 e. The summed E-state index contributed by atoms with van der Waals surface area (Å²) in [6.07, 6.45) is 0. The number of hydrogen-bond donors (Lipinski definition) is 0. The number of fused-ring (bicyclic) bond motifs is 13. The van der Waals surface area contributed by atoms with Crippen LogP contribution in [-0.2, 0) is 0 Å². The molecule has 4 heteroatoms. The predicted octanol–water partition coefficient (Wildman–Crippen LogP) is 16.0. The Hall–Kier alpha value is -8.08. The number of para-hydroxylation sites is 3. The van der Waals surface area contributed by atoms with Crippen molar-refractivity contribution in [3.05, 3.63) is 206 Å². The molecule has 0 bridgehead atoms. The summed E-state index contributed by atoms with van der Waals surface area (Å²) < 4.78 is 15.9. The lowest BCUT2D eigenvalue weighted by Crippen LogP contribution is -2.10. The van der Waals surface area contributed by atoms with Gasteiger partial charge >= 0.3 is 0 Å². The zero-order valence-electron chi connectivity index (χ0n) is 32.3. The monoisotopic (exact) mass is 766 g/mol. The molecule has 10 aromatic carbocycles. The van der Waals surface area contributed by atoms with Gasteiger partial charge in [-0.15, -0.1) is 0 Å². The van der Waals surface area contributed by atoms with Crippen molar-refractivity contribution in [1.82, 2.24) is 4.57 Å². The number of hydrogen-bond acceptors (Lipinski definition) is 3. The quantitative estimate of drug-likeness (QED) is 0.175. The molecule has 0 atom stereocenters. The highest BCUT2D eigenvalue weighted by Crippen LogP contribution is 2.46. The molecule has 0 saturated carbocycles. The molecular weight excluding hydrogens is 733 g/mol. The third kappa shape index (κ3) is 4.79. The molecule has 13 rings (SSSR count). The molecule has 0 aliphatic carbocycles. The summed E-state index contributed by atoms with van der Waals surface area (Å²) in [6, 6.07) is 73.7. The molecule has 0 N–H and O–H groups in total. The molecule has 0 fully saturated rings. The zero-order chi connectivity index (χ0) is 39.3. The Kier molecular flexibility index (Phi) is 6.98. The lowest BCUT2D eigenvalue weighted by atomic mass is 10.0. The van der Waals surface area contributed by atoms with Crippen LogP contribution >= 0.6 is 0 Å². The molecule has 60 heavy (non-hydrogen) atoms. The second kappa shape index (κ2) is 12.7. The van der Waals surface area contributed by atoms with Gasteiger partial charge in [-0.2, -0.15) is 0 Å². The summed E-state index contributed by atoms with van der Waals surface area (Å²) in [5.74, 6) is 0. The van der Waals surface area contributed by atoms with Crippen molar-refractivity contribution < 1.29 is 8.83 Å². The summed E-state index contributed by atoms with van der Waals surface area (Å²) in [5, 5.41) is 11.4. The topological polar surface area (TPSA) is 34.5 Å². The molecule has 0 amide bonds.